The Hall–Kier alpha value is -0.160. The summed E-state index contributed by atoms with van der Waals surface area (Å²) in [5.41, 5.74) is 0. The summed E-state index contributed by atoms with van der Waals surface area (Å²) in [6.45, 7) is 2.90. The molecule has 0 spiro atoms. The van der Waals surface area contributed by atoms with Crippen LogP contribution in [0.25, 0.3) is 0 Å². The van der Waals surface area contributed by atoms with Crippen molar-refractivity contribution in [1.82, 2.24) is 4.90 Å². The molecule has 0 aromatic heterocycles. The lowest BCUT2D eigenvalue weighted by Crippen LogP contribution is -2.34. The van der Waals surface area contributed by atoms with E-state index in [0.717, 1.165) is 0 Å². The number of rotatable bonds is 2. The summed E-state index contributed by atoms with van der Waals surface area (Å²) < 4.78 is 0. The predicted molar refractivity (Wildman–Crippen MR) is 40.1 cm³/mol. The molecule has 0 aromatic carbocycles. The maximum Gasteiger partial charge on any atom is 0.0963 e. The van der Waals surface area contributed by atoms with Crippen molar-refractivity contribution in [2.45, 2.75) is 25.2 Å². The highest BCUT2D eigenvalue weighted by Gasteiger charge is 2.35. The van der Waals surface area contributed by atoms with Crippen LogP contribution >= 0.6 is 0 Å². The zero-order chi connectivity index (χ0) is 8.43. The largest absolute Gasteiger partial charge is 0.395 e. The van der Waals surface area contributed by atoms with Crippen molar-refractivity contribution in [3.05, 3.63) is 0 Å². The Morgan fingerprint density at radius 1 is 1.45 bits per heavy atom. The van der Waals surface area contributed by atoms with Gasteiger partial charge in [-0.2, -0.15) is 0 Å². The van der Waals surface area contributed by atoms with Gasteiger partial charge in [0.1, 0.15) is 0 Å². The van der Waals surface area contributed by atoms with Gasteiger partial charge in [-0.05, 0) is 6.92 Å². The molecule has 0 radical (unpaired) electrons. The second kappa shape index (κ2) is 3.49. The molecule has 1 heterocycles. The molecule has 1 saturated heterocycles. The molecule has 4 heteroatoms. The standard InChI is InChI=1S/C7H15NO3/c1-5-7(11)6(10)4-8(5)2-3-9/h5-7,9-11H,2-4H2,1H3. The second-order valence-corrected chi connectivity index (χ2v) is 3.02. The monoisotopic (exact) mass is 161 g/mol. The molecule has 1 aliphatic rings. The quantitative estimate of drug-likeness (QED) is 0.456. The first-order valence-electron chi connectivity index (χ1n) is 3.88. The maximum atomic E-state index is 9.29. The van der Waals surface area contributed by atoms with E-state index in [9.17, 15) is 10.2 Å². The first kappa shape index (κ1) is 8.93. The van der Waals surface area contributed by atoms with Gasteiger partial charge in [0.25, 0.3) is 0 Å². The normalized spacial score (nSPS) is 39.8. The minimum absolute atomic E-state index is 0.0443. The van der Waals surface area contributed by atoms with E-state index in [-0.39, 0.29) is 12.6 Å². The Morgan fingerprint density at radius 3 is 2.45 bits per heavy atom. The van der Waals surface area contributed by atoms with Crippen LogP contribution in [0.3, 0.4) is 0 Å². The predicted octanol–water partition coefficient (Wildman–Crippen LogP) is -1.60. The van der Waals surface area contributed by atoms with Gasteiger partial charge >= 0.3 is 0 Å². The molecule has 3 unspecified atom stereocenters. The molecular formula is C7H15NO3. The Bertz CT molecular complexity index is 131. The molecule has 11 heavy (non-hydrogen) atoms. The van der Waals surface area contributed by atoms with Gasteiger partial charge in [0.2, 0.25) is 0 Å². The van der Waals surface area contributed by atoms with Crippen molar-refractivity contribution in [1.29, 1.82) is 0 Å². The Labute approximate surface area is 66.1 Å². The second-order valence-electron chi connectivity index (χ2n) is 3.02. The number of aliphatic hydroxyl groups is 3. The SMILES string of the molecule is CC1C(O)C(O)CN1CCO. The van der Waals surface area contributed by atoms with Crippen LogP contribution in [-0.2, 0) is 0 Å². The van der Waals surface area contributed by atoms with E-state index >= 15 is 0 Å². The molecule has 0 aliphatic carbocycles. The third-order valence-corrected chi connectivity index (χ3v) is 2.27. The third kappa shape index (κ3) is 1.70. The Balaban J connectivity index is 2.45. The van der Waals surface area contributed by atoms with Crippen molar-refractivity contribution in [2.24, 2.45) is 0 Å². The fourth-order valence-electron chi connectivity index (χ4n) is 1.48. The molecule has 4 nitrogen and oxygen atoms in total. The lowest BCUT2D eigenvalue weighted by Gasteiger charge is -2.20. The van der Waals surface area contributed by atoms with E-state index in [1.807, 2.05) is 11.8 Å². The number of β-amino-alcohol motifs (C(OH)–C–C–N with tert-alkyl or cyclic N) is 2. The molecule has 0 amide bonds. The molecular weight excluding hydrogens is 146 g/mol. The number of aliphatic hydroxyl groups excluding tert-OH is 3. The van der Waals surface area contributed by atoms with E-state index in [1.165, 1.54) is 0 Å². The number of nitrogens with zero attached hydrogens (tertiary/aromatic N) is 1. The Morgan fingerprint density at radius 2 is 2.09 bits per heavy atom. The fourth-order valence-corrected chi connectivity index (χ4v) is 1.48. The molecule has 0 aromatic rings. The van der Waals surface area contributed by atoms with Crippen LogP contribution in [-0.4, -0.2) is 58.2 Å². The highest BCUT2D eigenvalue weighted by Crippen LogP contribution is 2.16. The van der Waals surface area contributed by atoms with Crippen molar-refractivity contribution in [2.75, 3.05) is 19.7 Å². The Kier molecular flexibility index (Phi) is 2.84. The van der Waals surface area contributed by atoms with Crippen LogP contribution in [0.15, 0.2) is 0 Å². The minimum Gasteiger partial charge on any atom is -0.395 e. The average molecular weight is 161 g/mol. The van der Waals surface area contributed by atoms with Gasteiger partial charge in [-0.25, -0.2) is 0 Å². The first-order chi connectivity index (χ1) is 5.16. The van der Waals surface area contributed by atoms with Gasteiger partial charge in [-0.3, -0.25) is 4.90 Å². The zero-order valence-corrected chi connectivity index (χ0v) is 6.64. The molecule has 66 valence electrons. The van der Waals surface area contributed by atoms with Gasteiger partial charge in [-0.15, -0.1) is 0 Å². The molecule has 3 atom stereocenters. The maximum absolute atomic E-state index is 9.29. The number of hydrogen-bond acceptors (Lipinski definition) is 4. The number of likely N-dealkylation sites (tertiary alicyclic amines) is 1. The van der Waals surface area contributed by atoms with E-state index in [4.69, 9.17) is 5.11 Å². The summed E-state index contributed by atoms with van der Waals surface area (Å²) in [7, 11) is 0. The zero-order valence-electron chi connectivity index (χ0n) is 6.64. The highest BCUT2D eigenvalue weighted by molar-refractivity contribution is 4.90. The first-order valence-corrected chi connectivity index (χ1v) is 3.88. The van der Waals surface area contributed by atoms with Gasteiger partial charge in [0.15, 0.2) is 0 Å². The summed E-state index contributed by atoms with van der Waals surface area (Å²) in [4.78, 5) is 1.87. The van der Waals surface area contributed by atoms with Crippen LogP contribution in [0, 0.1) is 0 Å². The molecule has 1 aliphatic heterocycles. The lowest BCUT2D eigenvalue weighted by atomic mass is 10.2. The van der Waals surface area contributed by atoms with Crippen molar-refractivity contribution < 1.29 is 15.3 Å². The molecule has 1 rings (SSSR count). The molecule has 1 fully saturated rings. The van der Waals surface area contributed by atoms with Crippen LogP contribution in [0.5, 0.6) is 0 Å². The van der Waals surface area contributed by atoms with Crippen LogP contribution in [0.4, 0.5) is 0 Å². The van der Waals surface area contributed by atoms with Gasteiger partial charge in [-0.1, -0.05) is 0 Å². The minimum atomic E-state index is -0.665. The highest BCUT2D eigenvalue weighted by atomic mass is 16.3. The van der Waals surface area contributed by atoms with Gasteiger partial charge in [0, 0.05) is 19.1 Å². The van der Waals surface area contributed by atoms with E-state index in [1.54, 1.807) is 0 Å². The van der Waals surface area contributed by atoms with Crippen molar-refractivity contribution in [3.8, 4) is 0 Å². The lowest BCUT2D eigenvalue weighted by molar-refractivity contribution is 0.0410. The van der Waals surface area contributed by atoms with E-state index < -0.39 is 12.2 Å². The van der Waals surface area contributed by atoms with Crippen LogP contribution < -0.4 is 0 Å². The topological polar surface area (TPSA) is 63.9 Å². The molecule has 0 bridgehead atoms. The summed E-state index contributed by atoms with van der Waals surface area (Å²) >= 11 is 0. The summed E-state index contributed by atoms with van der Waals surface area (Å²) in [5.74, 6) is 0. The van der Waals surface area contributed by atoms with Crippen molar-refractivity contribution in [3.63, 3.8) is 0 Å². The average Bonchev–Trinajstić information content (AvgIpc) is 2.19. The smallest absolute Gasteiger partial charge is 0.0963 e. The molecule has 3 N–H and O–H groups in total. The van der Waals surface area contributed by atoms with E-state index in [2.05, 4.69) is 0 Å². The van der Waals surface area contributed by atoms with Crippen LogP contribution in [0.1, 0.15) is 6.92 Å². The van der Waals surface area contributed by atoms with E-state index in [0.29, 0.717) is 13.1 Å². The summed E-state index contributed by atoms with van der Waals surface area (Å²) in [5, 5.41) is 27.1. The fraction of sp³-hybridized carbons (Fsp3) is 1.00. The third-order valence-electron chi connectivity index (χ3n) is 2.27. The van der Waals surface area contributed by atoms with Crippen molar-refractivity contribution >= 4 is 0 Å². The number of hydrogen-bond donors (Lipinski definition) is 3. The molecule has 0 saturated carbocycles. The summed E-state index contributed by atoms with van der Waals surface area (Å²) in [6, 6.07) is -0.0443. The van der Waals surface area contributed by atoms with Gasteiger partial charge in [0.05, 0.1) is 18.8 Å². The van der Waals surface area contributed by atoms with Crippen LogP contribution in [0.2, 0.25) is 0 Å². The summed E-state index contributed by atoms with van der Waals surface area (Å²) in [6.07, 6.45) is -1.32. The van der Waals surface area contributed by atoms with Gasteiger partial charge < -0.3 is 15.3 Å².